The maximum atomic E-state index is 11.4. The summed E-state index contributed by atoms with van der Waals surface area (Å²) in [6.45, 7) is 1.95. The van der Waals surface area contributed by atoms with Crippen LogP contribution in [0.2, 0.25) is 0 Å². The summed E-state index contributed by atoms with van der Waals surface area (Å²) in [5, 5.41) is -0.611. The molecule has 2 atom stereocenters. The Morgan fingerprint density at radius 1 is 1.11 bits per heavy atom. The first-order valence-electron chi connectivity index (χ1n) is 6.05. The van der Waals surface area contributed by atoms with Crippen molar-refractivity contribution >= 4 is 17.2 Å². The van der Waals surface area contributed by atoms with E-state index in [2.05, 4.69) is 0 Å². The molecule has 0 radical (unpaired) electrons. The van der Waals surface area contributed by atoms with Gasteiger partial charge in [-0.3, -0.25) is 4.21 Å². The average Bonchev–Trinajstić information content (AvgIpc) is 2.40. The van der Waals surface area contributed by atoms with E-state index < -0.39 is 16.3 Å². The molecule has 0 bridgehead atoms. The van der Waals surface area contributed by atoms with Crippen molar-refractivity contribution in [3.8, 4) is 0 Å². The summed E-state index contributed by atoms with van der Waals surface area (Å²) < 4.78 is 22.8. The van der Waals surface area contributed by atoms with Gasteiger partial charge >= 0.3 is 0 Å². The van der Waals surface area contributed by atoms with Crippen LogP contribution in [0.15, 0.2) is 60.7 Å². The van der Waals surface area contributed by atoms with E-state index >= 15 is 0 Å². The predicted octanol–water partition coefficient (Wildman–Crippen LogP) is 3.63. The zero-order valence-corrected chi connectivity index (χ0v) is 11.5. The van der Waals surface area contributed by atoms with E-state index in [1.807, 2.05) is 67.6 Å². The van der Waals surface area contributed by atoms with Crippen LogP contribution in [-0.4, -0.2) is 8.76 Å². The van der Waals surface area contributed by atoms with Crippen molar-refractivity contribution in [3.63, 3.8) is 0 Å². The van der Waals surface area contributed by atoms with Crippen LogP contribution in [0, 0.1) is 6.92 Å². The lowest BCUT2D eigenvalue weighted by molar-refractivity contribution is 0.531. The van der Waals surface area contributed by atoms with E-state index in [9.17, 15) is 8.76 Å². The summed E-state index contributed by atoms with van der Waals surface area (Å²) in [5.41, 5.74) is 2.84. The van der Waals surface area contributed by atoms with Gasteiger partial charge in [-0.2, -0.15) is 0 Å². The molecule has 2 unspecified atom stereocenters. The second-order valence-electron chi connectivity index (χ2n) is 4.37. The molecule has 0 aliphatic carbocycles. The number of hydrogen-bond acceptors (Lipinski definition) is 2. The second-order valence-corrected chi connectivity index (χ2v) is 5.39. The first-order chi connectivity index (χ1) is 9.16. The third-order valence-corrected chi connectivity index (χ3v) is 3.69. The van der Waals surface area contributed by atoms with Gasteiger partial charge in [-0.15, -0.1) is 0 Å². The summed E-state index contributed by atoms with van der Waals surface area (Å²) in [6, 6.07) is 17.2. The molecule has 2 aromatic rings. The fourth-order valence-electron chi connectivity index (χ4n) is 1.90. The maximum absolute atomic E-state index is 11.4. The van der Waals surface area contributed by atoms with Gasteiger partial charge in [0.1, 0.15) is 0 Å². The standard InChI is InChI=1S/C16H16O2S/c1-13-6-5-9-15(12-13)16(19(17)18)11-10-14-7-3-2-4-8-14/h2-12,16H,1H3,(H,17,18)/p-1. The summed E-state index contributed by atoms with van der Waals surface area (Å²) in [4.78, 5) is 0. The van der Waals surface area contributed by atoms with E-state index in [1.54, 1.807) is 6.08 Å². The van der Waals surface area contributed by atoms with Crippen LogP contribution in [0.4, 0.5) is 0 Å². The molecule has 0 aromatic heterocycles. The molecule has 98 valence electrons. The highest BCUT2D eigenvalue weighted by atomic mass is 32.2. The molecular weight excluding hydrogens is 256 g/mol. The van der Waals surface area contributed by atoms with Crippen LogP contribution in [0.1, 0.15) is 21.9 Å². The Hall–Kier alpha value is -1.71. The van der Waals surface area contributed by atoms with Crippen LogP contribution in [0.3, 0.4) is 0 Å². The highest BCUT2D eigenvalue weighted by Gasteiger charge is 2.08. The highest BCUT2D eigenvalue weighted by Crippen LogP contribution is 2.22. The molecule has 0 heterocycles. The number of aryl methyl sites for hydroxylation is 1. The van der Waals surface area contributed by atoms with E-state index in [0.717, 1.165) is 16.7 Å². The fraction of sp³-hybridized carbons (Fsp3) is 0.125. The molecule has 0 spiro atoms. The Bertz CT molecular complexity index is 591. The van der Waals surface area contributed by atoms with Gasteiger partial charge in [0.2, 0.25) is 0 Å². The Morgan fingerprint density at radius 2 is 1.84 bits per heavy atom. The van der Waals surface area contributed by atoms with Crippen molar-refractivity contribution in [2.45, 2.75) is 12.2 Å². The van der Waals surface area contributed by atoms with Gasteiger partial charge in [0.25, 0.3) is 0 Å². The van der Waals surface area contributed by atoms with Gasteiger partial charge in [-0.05, 0) is 29.1 Å². The third-order valence-electron chi connectivity index (χ3n) is 2.84. The predicted molar refractivity (Wildman–Crippen MR) is 78.3 cm³/mol. The van der Waals surface area contributed by atoms with Crippen molar-refractivity contribution in [3.05, 3.63) is 77.4 Å². The van der Waals surface area contributed by atoms with Crippen LogP contribution in [0.5, 0.6) is 0 Å². The van der Waals surface area contributed by atoms with E-state index in [1.165, 1.54) is 0 Å². The Kier molecular flexibility index (Phi) is 4.66. The van der Waals surface area contributed by atoms with Crippen molar-refractivity contribution in [1.82, 2.24) is 0 Å². The lowest BCUT2D eigenvalue weighted by Crippen LogP contribution is -2.03. The maximum Gasteiger partial charge on any atom is 0.0648 e. The molecule has 0 aliphatic heterocycles. The molecule has 0 N–H and O–H groups in total. The minimum atomic E-state index is -2.17. The molecular formula is C16H15O2S-. The smallest absolute Gasteiger partial charge is 0.0648 e. The average molecular weight is 271 g/mol. The molecule has 0 saturated heterocycles. The monoisotopic (exact) mass is 271 g/mol. The zero-order chi connectivity index (χ0) is 13.7. The van der Waals surface area contributed by atoms with Crippen LogP contribution in [-0.2, 0) is 11.1 Å². The molecule has 0 saturated carbocycles. The summed E-state index contributed by atoms with van der Waals surface area (Å²) in [7, 11) is 0. The highest BCUT2D eigenvalue weighted by molar-refractivity contribution is 7.79. The van der Waals surface area contributed by atoms with Crippen LogP contribution in [0.25, 0.3) is 6.08 Å². The van der Waals surface area contributed by atoms with Gasteiger partial charge in [0.15, 0.2) is 0 Å². The molecule has 0 fully saturated rings. The van der Waals surface area contributed by atoms with Gasteiger partial charge in [0.05, 0.1) is 5.25 Å². The Labute approximate surface area is 116 Å². The van der Waals surface area contributed by atoms with Crippen LogP contribution >= 0.6 is 0 Å². The second kappa shape index (κ2) is 6.45. The molecule has 2 nitrogen and oxygen atoms in total. The summed E-state index contributed by atoms with van der Waals surface area (Å²) in [5.74, 6) is 0. The lowest BCUT2D eigenvalue weighted by atomic mass is 10.1. The van der Waals surface area contributed by atoms with Gasteiger partial charge in [0, 0.05) is 0 Å². The van der Waals surface area contributed by atoms with E-state index in [-0.39, 0.29) is 0 Å². The largest absolute Gasteiger partial charge is 0.772 e. The molecule has 2 rings (SSSR count). The van der Waals surface area contributed by atoms with E-state index in [0.29, 0.717) is 0 Å². The molecule has 19 heavy (non-hydrogen) atoms. The van der Waals surface area contributed by atoms with Crippen molar-refractivity contribution in [1.29, 1.82) is 0 Å². The fourth-order valence-corrected chi connectivity index (χ4v) is 2.47. The number of rotatable bonds is 4. The van der Waals surface area contributed by atoms with Crippen LogP contribution < -0.4 is 0 Å². The molecule has 2 aromatic carbocycles. The number of benzene rings is 2. The molecule has 0 amide bonds. The SMILES string of the molecule is Cc1cccc(C(C=Cc2ccccc2)S(=O)[O-])c1. The Morgan fingerprint density at radius 3 is 2.47 bits per heavy atom. The number of hydrogen-bond donors (Lipinski definition) is 0. The topological polar surface area (TPSA) is 40.1 Å². The lowest BCUT2D eigenvalue weighted by Gasteiger charge is -2.17. The van der Waals surface area contributed by atoms with Crippen molar-refractivity contribution in [2.24, 2.45) is 0 Å². The first-order valence-corrected chi connectivity index (χ1v) is 7.18. The Balaban J connectivity index is 2.27. The van der Waals surface area contributed by atoms with Gasteiger partial charge in [-0.1, -0.05) is 72.3 Å². The van der Waals surface area contributed by atoms with Gasteiger partial charge < -0.3 is 4.55 Å². The summed E-state index contributed by atoms with van der Waals surface area (Å²) >= 11 is -2.17. The molecule has 3 heteroatoms. The summed E-state index contributed by atoms with van der Waals surface area (Å²) in [6.07, 6.45) is 3.55. The zero-order valence-electron chi connectivity index (χ0n) is 10.7. The first kappa shape index (κ1) is 13.7. The third kappa shape index (κ3) is 3.88. The normalized spacial score (nSPS) is 14.4. The van der Waals surface area contributed by atoms with Crippen molar-refractivity contribution < 1.29 is 8.76 Å². The minimum absolute atomic E-state index is 0.611. The minimum Gasteiger partial charge on any atom is -0.772 e. The molecule has 0 aliphatic rings. The quantitative estimate of drug-likeness (QED) is 0.797. The van der Waals surface area contributed by atoms with Crippen molar-refractivity contribution in [2.75, 3.05) is 0 Å². The van der Waals surface area contributed by atoms with Gasteiger partial charge in [-0.25, -0.2) is 0 Å². The van der Waals surface area contributed by atoms with E-state index in [4.69, 9.17) is 0 Å².